The average Bonchev–Trinajstić information content (AvgIpc) is 3.32. The molecular weight excluding hydrogens is 278 g/mol. The van der Waals surface area contributed by atoms with Gasteiger partial charge in [0.05, 0.1) is 6.61 Å². The first-order valence-corrected chi connectivity index (χ1v) is 8.89. The van der Waals surface area contributed by atoms with Crippen molar-refractivity contribution in [3.63, 3.8) is 0 Å². The lowest BCUT2D eigenvalue weighted by Crippen LogP contribution is -2.41. The summed E-state index contributed by atoms with van der Waals surface area (Å²) in [4.78, 5) is 6.88. The number of guanidine groups is 1. The predicted molar refractivity (Wildman–Crippen MR) is 92.3 cm³/mol. The van der Waals surface area contributed by atoms with Gasteiger partial charge in [0, 0.05) is 39.9 Å². The summed E-state index contributed by atoms with van der Waals surface area (Å²) < 4.78 is 5.70. The van der Waals surface area contributed by atoms with Gasteiger partial charge in [0.1, 0.15) is 0 Å². The number of hydrogen-bond donors (Lipinski definition) is 2. The largest absolute Gasteiger partial charge is 0.396 e. The highest BCUT2D eigenvalue weighted by Crippen LogP contribution is 2.28. The Labute approximate surface area is 136 Å². The molecule has 0 spiro atoms. The van der Waals surface area contributed by atoms with Gasteiger partial charge in [-0.25, -0.2) is 0 Å². The molecule has 1 unspecified atom stereocenters. The van der Waals surface area contributed by atoms with Crippen molar-refractivity contribution in [2.45, 2.75) is 46.0 Å². The van der Waals surface area contributed by atoms with E-state index in [4.69, 9.17) is 14.8 Å². The monoisotopic (exact) mass is 313 g/mol. The fourth-order valence-electron chi connectivity index (χ4n) is 2.44. The molecule has 0 saturated heterocycles. The summed E-state index contributed by atoms with van der Waals surface area (Å²) in [5, 5.41) is 12.5. The van der Waals surface area contributed by atoms with Crippen molar-refractivity contribution in [1.82, 2.24) is 10.2 Å². The Kier molecular flexibility index (Phi) is 10.2. The van der Waals surface area contributed by atoms with Gasteiger partial charge in [-0.3, -0.25) is 4.99 Å². The van der Waals surface area contributed by atoms with Gasteiger partial charge in [0.15, 0.2) is 5.96 Å². The molecule has 1 fully saturated rings. The fourth-order valence-corrected chi connectivity index (χ4v) is 2.44. The zero-order valence-corrected chi connectivity index (χ0v) is 14.7. The molecular formula is C17H35N3O2. The second-order valence-corrected chi connectivity index (χ2v) is 6.30. The number of ether oxygens (including phenoxy) is 1. The smallest absolute Gasteiger partial charge is 0.193 e. The third-order valence-corrected chi connectivity index (χ3v) is 4.05. The lowest BCUT2D eigenvalue weighted by atomic mass is 10.0. The predicted octanol–water partition coefficient (Wildman–Crippen LogP) is 2.11. The molecule has 1 aliphatic carbocycles. The molecule has 0 aliphatic heterocycles. The summed E-state index contributed by atoms with van der Waals surface area (Å²) >= 11 is 0. The molecule has 5 nitrogen and oxygen atoms in total. The quantitative estimate of drug-likeness (QED) is 0.329. The van der Waals surface area contributed by atoms with Gasteiger partial charge in [-0.1, -0.05) is 13.3 Å². The number of nitrogens with zero attached hydrogens (tertiary/aromatic N) is 2. The Morgan fingerprint density at radius 3 is 2.73 bits per heavy atom. The summed E-state index contributed by atoms with van der Waals surface area (Å²) in [6.45, 7) is 8.70. The van der Waals surface area contributed by atoms with Crippen LogP contribution in [0.5, 0.6) is 0 Å². The van der Waals surface area contributed by atoms with Crippen LogP contribution < -0.4 is 5.32 Å². The molecule has 1 saturated carbocycles. The van der Waals surface area contributed by atoms with Crippen molar-refractivity contribution in [2.24, 2.45) is 16.8 Å². The zero-order chi connectivity index (χ0) is 16.2. The first-order chi connectivity index (χ1) is 10.7. The van der Waals surface area contributed by atoms with E-state index in [2.05, 4.69) is 31.1 Å². The lowest BCUT2D eigenvalue weighted by Gasteiger charge is -2.23. The first-order valence-electron chi connectivity index (χ1n) is 8.89. The Hall–Kier alpha value is -0.810. The highest BCUT2D eigenvalue weighted by atomic mass is 16.5. The molecule has 5 heteroatoms. The third-order valence-electron chi connectivity index (χ3n) is 4.05. The van der Waals surface area contributed by atoms with E-state index < -0.39 is 0 Å². The normalized spacial score (nSPS) is 16.6. The van der Waals surface area contributed by atoms with Gasteiger partial charge in [0.2, 0.25) is 0 Å². The Morgan fingerprint density at radius 1 is 1.36 bits per heavy atom. The van der Waals surface area contributed by atoms with Crippen LogP contribution in [0, 0.1) is 11.8 Å². The second kappa shape index (κ2) is 11.7. The molecule has 0 bridgehead atoms. The maximum atomic E-state index is 9.14. The van der Waals surface area contributed by atoms with E-state index in [0.717, 1.165) is 64.0 Å². The van der Waals surface area contributed by atoms with Crippen LogP contribution in [0.15, 0.2) is 4.99 Å². The molecule has 0 aromatic rings. The maximum absolute atomic E-state index is 9.14. The summed E-state index contributed by atoms with van der Waals surface area (Å²) in [7, 11) is 2.06. The van der Waals surface area contributed by atoms with E-state index in [9.17, 15) is 0 Å². The highest BCUT2D eigenvalue weighted by molar-refractivity contribution is 5.79. The molecule has 1 atom stereocenters. The van der Waals surface area contributed by atoms with Crippen LogP contribution >= 0.6 is 0 Å². The number of aliphatic hydroxyl groups is 1. The van der Waals surface area contributed by atoms with Crippen LogP contribution in [0.1, 0.15) is 46.0 Å². The SMILES string of the molecule is CCCC(CCO)CN=C(NCC)N(C)CCOCC1CC1. The number of aliphatic imine (C=N–C) groups is 1. The molecule has 22 heavy (non-hydrogen) atoms. The summed E-state index contributed by atoms with van der Waals surface area (Å²) in [5.41, 5.74) is 0. The van der Waals surface area contributed by atoms with Crippen LogP contribution in [0.3, 0.4) is 0 Å². The second-order valence-electron chi connectivity index (χ2n) is 6.30. The number of nitrogens with one attached hydrogen (secondary N) is 1. The van der Waals surface area contributed by atoms with Crippen LogP contribution in [-0.4, -0.2) is 62.5 Å². The van der Waals surface area contributed by atoms with Gasteiger partial charge in [-0.2, -0.15) is 0 Å². The standard InChI is InChI=1S/C17H35N3O2/c1-4-6-15(9-11-21)13-19-17(18-5-2)20(3)10-12-22-14-16-7-8-16/h15-16,21H,4-14H2,1-3H3,(H,18,19). The van der Waals surface area contributed by atoms with E-state index in [1.807, 2.05) is 0 Å². The average molecular weight is 313 g/mol. The van der Waals surface area contributed by atoms with Crippen LogP contribution in [-0.2, 0) is 4.74 Å². The molecule has 0 aromatic heterocycles. The van der Waals surface area contributed by atoms with Crippen LogP contribution in [0.25, 0.3) is 0 Å². The van der Waals surface area contributed by atoms with Gasteiger partial charge in [-0.05, 0) is 44.4 Å². The van der Waals surface area contributed by atoms with Crippen LogP contribution in [0.4, 0.5) is 0 Å². The minimum absolute atomic E-state index is 0.252. The van der Waals surface area contributed by atoms with E-state index >= 15 is 0 Å². The summed E-state index contributed by atoms with van der Waals surface area (Å²) in [6, 6.07) is 0. The molecule has 0 aromatic carbocycles. The van der Waals surface area contributed by atoms with E-state index in [0.29, 0.717) is 5.92 Å². The minimum Gasteiger partial charge on any atom is -0.396 e. The number of likely N-dealkylation sites (N-methyl/N-ethyl adjacent to an activating group) is 1. The van der Waals surface area contributed by atoms with Gasteiger partial charge >= 0.3 is 0 Å². The van der Waals surface area contributed by atoms with Gasteiger partial charge < -0.3 is 20.1 Å². The van der Waals surface area contributed by atoms with Crippen molar-refractivity contribution in [3.8, 4) is 0 Å². The number of rotatable bonds is 12. The molecule has 1 aliphatic rings. The lowest BCUT2D eigenvalue weighted by molar-refractivity contribution is 0.115. The number of hydrogen-bond acceptors (Lipinski definition) is 3. The van der Waals surface area contributed by atoms with Gasteiger partial charge in [0.25, 0.3) is 0 Å². The van der Waals surface area contributed by atoms with Crippen LogP contribution in [0.2, 0.25) is 0 Å². The number of aliphatic hydroxyl groups excluding tert-OH is 1. The molecule has 130 valence electrons. The van der Waals surface area contributed by atoms with Crippen molar-refractivity contribution in [3.05, 3.63) is 0 Å². The molecule has 0 heterocycles. The van der Waals surface area contributed by atoms with Crippen molar-refractivity contribution in [1.29, 1.82) is 0 Å². The first kappa shape index (κ1) is 19.2. The van der Waals surface area contributed by atoms with Crippen molar-refractivity contribution in [2.75, 3.05) is 46.5 Å². The summed E-state index contributed by atoms with van der Waals surface area (Å²) in [6.07, 6.45) is 5.78. The Balaban J connectivity index is 2.36. The minimum atomic E-state index is 0.252. The van der Waals surface area contributed by atoms with Gasteiger partial charge in [-0.15, -0.1) is 0 Å². The highest BCUT2D eigenvalue weighted by Gasteiger charge is 2.21. The fraction of sp³-hybridized carbons (Fsp3) is 0.941. The van der Waals surface area contributed by atoms with E-state index in [-0.39, 0.29) is 6.61 Å². The van der Waals surface area contributed by atoms with Crippen molar-refractivity contribution >= 4 is 5.96 Å². The zero-order valence-electron chi connectivity index (χ0n) is 14.7. The van der Waals surface area contributed by atoms with E-state index in [1.165, 1.54) is 12.8 Å². The molecule has 2 N–H and O–H groups in total. The Morgan fingerprint density at radius 2 is 2.14 bits per heavy atom. The topological polar surface area (TPSA) is 57.1 Å². The summed E-state index contributed by atoms with van der Waals surface area (Å²) in [5.74, 6) is 2.24. The van der Waals surface area contributed by atoms with Crippen molar-refractivity contribution < 1.29 is 9.84 Å². The Bertz CT molecular complexity index is 300. The third kappa shape index (κ3) is 8.59. The molecule has 0 radical (unpaired) electrons. The van der Waals surface area contributed by atoms with E-state index in [1.54, 1.807) is 0 Å². The molecule has 0 amide bonds. The molecule has 1 rings (SSSR count). The maximum Gasteiger partial charge on any atom is 0.193 e.